The lowest BCUT2D eigenvalue weighted by Crippen LogP contribution is -2.37. The molecule has 8 heteroatoms. The first-order valence-corrected chi connectivity index (χ1v) is 8.52. The van der Waals surface area contributed by atoms with Gasteiger partial charge in [0.25, 0.3) is 0 Å². The van der Waals surface area contributed by atoms with Gasteiger partial charge in [-0.25, -0.2) is 4.79 Å². The van der Waals surface area contributed by atoms with Crippen molar-refractivity contribution in [1.82, 2.24) is 0 Å². The van der Waals surface area contributed by atoms with E-state index in [9.17, 15) is 14.3 Å². The molecule has 2 rings (SSSR count). The number of hydrogen-bond acceptors (Lipinski definition) is 6. The van der Waals surface area contributed by atoms with E-state index in [2.05, 4.69) is 0 Å². The molecule has 0 spiro atoms. The molecule has 0 N–H and O–H groups in total. The molecule has 1 aromatic heterocycles. The van der Waals surface area contributed by atoms with Crippen LogP contribution < -0.4 is 15.0 Å². The summed E-state index contributed by atoms with van der Waals surface area (Å²) in [5.74, 6) is 0.0369. The van der Waals surface area contributed by atoms with Crippen LogP contribution in [0.1, 0.15) is 5.56 Å². The first kappa shape index (κ1) is 17.7. The van der Waals surface area contributed by atoms with E-state index in [1.54, 1.807) is 13.0 Å². The van der Waals surface area contributed by atoms with Crippen LogP contribution in [0, 0.1) is 6.92 Å². The number of aryl methyl sites for hydroxylation is 1. The maximum atomic E-state index is 11.8. The summed E-state index contributed by atoms with van der Waals surface area (Å²) >= 11 is 0. The molecule has 0 aliphatic heterocycles. The number of quaternary nitrogens is 1. The maximum Gasteiger partial charge on any atom is 0.336 e. The van der Waals surface area contributed by atoms with E-state index in [4.69, 9.17) is 13.5 Å². The highest BCUT2D eigenvalue weighted by Crippen LogP contribution is 2.40. The van der Waals surface area contributed by atoms with Crippen molar-refractivity contribution in [2.45, 2.75) is 6.92 Å². The normalized spacial score (nSPS) is 14.7. The first-order valence-electron chi connectivity index (χ1n) is 7.06. The molecule has 1 heterocycles. The number of rotatable bonds is 6. The molecule has 0 amide bonds. The number of nitrogens with zero attached hydrogens (tertiary/aromatic N) is 1. The molecular weight excluding hydrogens is 321 g/mol. The largest absolute Gasteiger partial charge is 0.746 e. The summed E-state index contributed by atoms with van der Waals surface area (Å²) in [6.45, 7) is 2.31. The highest BCUT2D eigenvalue weighted by molar-refractivity contribution is 7.46. The number of phosphoric acid groups is 1. The van der Waals surface area contributed by atoms with Crippen molar-refractivity contribution >= 4 is 18.8 Å². The molecule has 0 saturated heterocycles. The van der Waals surface area contributed by atoms with Gasteiger partial charge in [-0.05, 0) is 24.6 Å². The van der Waals surface area contributed by atoms with Crippen LogP contribution in [0.4, 0.5) is 0 Å². The molecule has 0 fully saturated rings. The lowest BCUT2D eigenvalue weighted by Gasteiger charge is -2.27. The van der Waals surface area contributed by atoms with Gasteiger partial charge in [0.1, 0.15) is 24.5 Å². The number of hydrogen-bond donors (Lipinski definition) is 0. The van der Waals surface area contributed by atoms with Gasteiger partial charge in [-0.1, -0.05) is 0 Å². The van der Waals surface area contributed by atoms with Crippen molar-refractivity contribution in [3.05, 3.63) is 40.2 Å². The Bertz CT molecular complexity index is 808. The fourth-order valence-corrected chi connectivity index (χ4v) is 2.67. The third kappa shape index (κ3) is 5.18. The quantitative estimate of drug-likeness (QED) is 0.451. The molecule has 2 aromatic rings. The van der Waals surface area contributed by atoms with Crippen molar-refractivity contribution in [3.63, 3.8) is 0 Å². The van der Waals surface area contributed by atoms with Gasteiger partial charge >= 0.3 is 13.4 Å². The Morgan fingerprint density at radius 2 is 1.96 bits per heavy atom. The summed E-state index contributed by atoms with van der Waals surface area (Å²) in [6.07, 6.45) is 0. The Morgan fingerprint density at radius 3 is 2.61 bits per heavy atom. The number of fused-ring (bicyclic) bond motifs is 1. The van der Waals surface area contributed by atoms with E-state index in [1.165, 1.54) is 18.2 Å². The SMILES string of the molecule is Cc1cc(=O)oc2cc(OP(=O)([O-])OCC[N+](C)(C)C)ccc12. The molecule has 1 atom stereocenters. The van der Waals surface area contributed by atoms with Crippen LogP contribution in [0.5, 0.6) is 5.75 Å². The Labute approximate surface area is 134 Å². The van der Waals surface area contributed by atoms with Crippen molar-refractivity contribution in [2.75, 3.05) is 34.3 Å². The molecule has 0 aliphatic carbocycles. The minimum Gasteiger partial charge on any atom is -0.746 e. The summed E-state index contributed by atoms with van der Waals surface area (Å²) in [6, 6.07) is 5.85. The Kier molecular flexibility index (Phi) is 4.96. The summed E-state index contributed by atoms with van der Waals surface area (Å²) in [7, 11) is 1.29. The van der Waals surface area contributed by atoms with Crippen molar-refractivity contribution in [1.29, 1.82) is 0 Å². The van der Waals surface area contributed by atoms with Gasteiger partial charge in [0, 0.05) is 17.5 Å². The van der Waals surface area contributed by atoms with E-state index in [0.29, 0.717) is 16.4 Å². The zero-order chi connectivity index (χ0) is 17.3. The van der Waals surface area contributed by atoms with Crippen LogP contribution in [-0.2, 0) is 9.09 Å². The number of phosphoric ester groups is 1. The molecule has 0 bridgehead atoms. The molecule has 0 aliphatic rings. The molecule has 1 aromatic carbocycles. The summed E-state index contributed by atoms with van der Waals surface area (Å²) < 4.78 is 27.2. The van der Waals surface area contributed by atoms with Gasteiger partial charge in [-0.3, -0.25) is 4.57 Å². The van der Waals surface area contributed by atoms with Gasteiger partial charge in [0.05, 0.1) is 21.1 Å². The van der Waals surface area contributed by atoms with Crippen LogP contribution >= 0.6 is 7.82 Å². The zero-order valence-electron chi connectivity index (χ0n) is 13.6. The van der Waals surface area contributed by atoms with Crippen molar-refractivity contribution in [2.24, 2.45) is 0 Å². The Hall–Kier alpha value is -1.66. The second kappa shape index (κ2) is 6.45. The zero-order valence-corrected chi connectivity index (χ0v) is 14.5. The van der Waals surface area contributed by atoms with E-state index in [0.717, 1.165) is 5.56 Å². The van der Waals surface area contributed by atoms with Crippen LogP contribution in [0.2, 0.25) is 0 Å². The lowest BCUT2D eigenvalue weighted by molar-refractivity contribution is -0.870. The van der Waals surface area contributed by atoms with Gasteiger partial charge in [0.2, 0.25) is 0 Å². The van der Waals surface area contributed by atoms with E-state index < -0.39 is 13.4 Å². The van der Waals surface area contributed by atoms with E-state index in [1.807, 2.05) is 21.1 Å². The average Bonchev–Trinajstić information content (AvgIpc) is 2.35. The van der Waals surface area contributed by atoms with Gasteiger partial charge < -0.3 is 22.8 Å². The van der Waals surface area contributed by atoms with Crippen LogP contribution in [0.15, 0.2) is 33.5 Å². The minimum atomic E-state index is -4.48. The van der Waals surface area contributed by atoms with Gasteiger partial charge in [0.15, 0.2) is 0 Å². The fourth-order valence-electron chi connectivity index (χ4n) is 1.94. The third-order valence-corrected chi connectivity index (χ3v) is 4.08. The molecule has 0 radical (unpaired) electrons. The minimum absolute atomic E-state index is 0.0199. The van der Waals surface area contributed by atoms with Crippen molar-refractivity contribution < 1.29 is 27.4 Å². The Balaban J connectivity index is 2.14. The second-order valence-corrected chi connectivity index (χ2v) is 7.63. The molecular formula is C15H20NO6P. The van der Waals surface area contributed by atoms with E-state index in [-0.39, 0.29) is 17.9 Å². The van der Waals surface area contributed by atoms with Gasteiger partial charge in [-0.2, -0.15) is 0 Å². The second-order valence-electron chi connectivity index (χ2n) is 6.29. The molecule has 1 unspecified atom stereocenters. The number of benzene rings is 1. The molecule has 7 nitrogen and oxygen atoms in total. The number of likely N-dealkylation sites (N-methyl/N-ethyl adjacent to an activating group) is 1. The van der Waals surface area contributed by atoms with Crippen LogP contribution in [0.25, 0.3) is 11.0 Å². The standard InChI is InChI=1S/C15H20NO6P/c1-11-9-15(17)21-14-10-12(5-6-13(11)14)22-23(18,19)20-8-7-16(2,3)4/h5-6,9-10H,7-8H2,1-4H3. The predicted molar refractivity (Wildman–Crippen MR) is 84.3 cm³/mol. The molecule has 23 heavy (non-hydrogen) atoms. The first-order chi connectivity index (χ1) is 10.6. The summed E-state index contributed by atoms with van der Waals surface area (Å²) in [5.41, 5.74) is 0.503. The highest BCUT2D eigenvalue weighted by atomic mass is 31.2. The monoisotopic (exact) mass is 341 g/mol. The lowest BCUT2D eigenvalue weighted by atomic mass is 10.1. The highest BCUT2D eigenvalue weighted by Gasteiger charge is 2.15. The van der Waals surface area contributed by atoms with E-state index >= 15 is 0 Å². The smallest absolute Gasteiger partial charge is 0.336 e. The van der Waals surface area contributed by atoms with Crippen LogP contribution in [0.3, 0.4) is 0 Å². The van der Waals surface area contributed by atoms with Crippen LogP contribution in [-0.4, -0.2) is 38.8 Å². The van der Waals surface area contributed by atoms with Gasteiger partial charge in [-0.15, -0.1) is 0 Å². The molecule has 126 valence electrons. The summed E-state index contributed by atoms with van der Waals surface area (Å²) in [5, 5.41) is 0.712. The third-order valence-electron chi connectivity index (χ3n) is 3.15. The van der Waals surface area contributed by atoms with Crippen molar-refractivity contribution in [3.8, 4) is 5.75 Å². The molecule has 0 saturated carbocycles. The Morgan fingerprint density at radius 1 is 1.26 bits per heavy atom. The predicted octanol–water partition coefficient (Wildman–Crippen LogP) is 1.67. The fraction of sp³-hybridized carbons (Fsp3) is 0.400. The average molecular weight is 341 g/mol. The maximum absolute atomic E-state index is 11.8. The summed E-state index contributed by atoms with van der Waals surface area (Å²) in [4.78, 5) is 23.2. The topological polar surface area (TPSA) is 88.8 Å².